The lowest BCUT2D eigenvalue weighted by molar-refractivity contribution is -0.138. The third kappa shape index (κ3) is 8.35. The van der Waals surface area contributed by atoms with Gasteiger partial charge >= 0.3 is 12.4 Å². The van der Waals surface area contributed by atoms with Crippen LogP contribution < -0.4 is 11.1 Å². The summed E-state index contributed by atoms with van der Waals surface area (Å²) in [6.45, 7) is 0. The molecular formula is C34H18Cl2F8N4O4. The Balaban J connectivity index is 0.000000201. The SMILES string of the molecule is O=C(Cc1cc(C(F)(F)F)ccc1F)c1ccc2c(=O)[nH]nc(Cl)c2c1.O=C(Cc1cc(C(F)(F)F)ccc1F)c1ccc2c(Cl)n[nH]c(=O)c2c1. The lowest BCUT2D eigenvalue weighted by Crippen LogP contribution is -2.12. The van der Waals surface area contributed by atoms with Crippen LogP contribution in [-0.4, -0.2) is 32.0 Å². The van der Waals surface area contributed by atoms with Gasteiger partial charge < -0.3 is 0 Å². The molecule has 6 rings (SSSR count). The molecule has 0 unspecified atom stereocenters. The minimum atomic E-state index is -4.65. The lowest BCUT2D eigenvalue weighted by atomic mass is 9.99. The van der Waals surface area contributed by atoms with Gasteiger partial charge in [0.1, 0.15) is 11.6 Å². The number of alkyl halides is 6. The third-order valence-corrected chi connectivity index (χ3v) is 8.15. The molecule has 0 atom stereocenters. The third-order valence-electron chi connectivity index (χ3n) is 7.58. The number of carbonyl (C=O) groups is 2. The maximum absolute atomic E-state index is 13.8. The molecule has 0 aliphatic carbocycles. The summed E-state index contributed by atoms with van der Waals surface area (Å²) in [6, 6.07) is 11.7. The first-order valence-corrected chi connectivity index (χ1v) is 15.2. The zero-order valence-electron chi connectivity index (χ0n) is 25.6. The molecule has 2 aromatic heterocycles. The van der Waals surface area contributed by atoms with Crippen molar-refractivity contribution in [3.05, 3.63) is 149 Å². The van der Waals surface area contributed by atoms with Crippen molar-refractivity contribution in [2.45, 2.75) is 25.2 Å². The smallest absolute Gasteiger partial charge is 0.294 e. The van der Waals surface area contributed by atoms with E-state index in [2.05, 4.69) is 20.4 Å². The highest BCUT2D eigenvalue weighted by atomic mass is 35.5. The monoisotopic (exact) mass is 768 g/mol. The van der Waals surface area contributed by atoms with Crippen LogP contribution in [0.3, 0.4) is 0 Å². The number of rotatable bonds is 6. The number of aromatic amines is 2. The minimum absolute atomic E-state index is 0.0301. The number of carbonyl (C=O) groups excluding carboxylic acids is 2. The second-order valence-electron chi connectivity index (χ2n) is 11.0. The molecule has 0 spiro atoms. The van der Waals surface area contributed by atoms with Crippen LogP contribution in [0, 0.1) is 11.6 Å². The van der Waals surface area contributed by atoms with E-state index in [9.17, 15) is 54.3 Å². The highest BCUT2D eigenvalue weighted by molar-refractivity contribution is 6.34. The van der Waals surface area contributed by atoms with Crippen molar-refractivity contribution >= 4 is 56.3 Å². The van der Waals surface area contributed by atoms with Gasteiger partial charge in [-0.1, -0.05) is 41.4 Å². The lowest BCUT2D eigenvalue weighted by Gasteiger charge is -2.10. The standard InChI is InChI=1S/2C17H9ClF4N2O2/c18-15-12-6-8(1-3-11(12)16(26)24-23-15)14(25)7-9-5-10(17(20,21)22)2-4-13(9)19;18-15-11-3-1-8(6-12(11)16(26)24-23-15)14(25)7-9-5-10(17(20,21)22)2-4-13(9)19/h2*1-6H,7H2,(H,24,26). The van der Waals surface area contributed by atoms with Crippen molar-refractivity contribution in [2.24, 2.45) is 0 Å². The Morgan fingerprint density at radius 2 is 0.962 bits per heavy atom. The van der Waals surface area contributed by atoms with E-state index in [-0.39, 0.29) is 48.7 Å². The molecule has 18 heteroatoms. The molecule has 8 nitrogen and oxygen atoms in total. The fourth-order valence-electron chi connectivity index (χ4n) is 4.94. The molecule has 0 aliphatic rings. The van der Waals surface area contributed by atoms with Crippen LogP contribution in [0.5, 0.6) is 0 Å². The van der Waals surface area contributed by atoms with Gasteiger partial charge in [0.15, 0.2) is 21.9 Å². The molecule has 0 fully saturated rings. The second-order valence-corrected chi connectivity index (χ2v) is 11.7. The van der Waals surface area contributed by atoms with Crippen molar-refractivity contribution < 1.29 is 44.7 Å². The number of hydrogen-bond acceptors (Lipinski definition) is 6. The Morgan fingerprint density at radius 1 is 0.558 bits per heavy atom. The predicted octanol–water partition coefficient (Wildman–Crippen LogP) is 8.32. The van der Waals surface area contributed by atoms with Crippen LogP contribution in [0.2, 0.25) is 10.3 Å². The van der Waals surface area contributed by atoms with E-state index in [1.165, 1.54) is 36.4 Å². The van der Waals surface area contributed by atoms with Crippen LogP contribution in [0.15, 0.2) is 82.4 Å². The summed E-state index contributed by atoms with van der Waals surface area (Å²) in [7, 11) is 0. The molecule has 6 aromatic rings. The molecule has 0 saturated heterocycles. The maximum atomic E-state index is 13.8. The first-order chi connectivity index (χ1) is 24.3. The molecule has 0 bridgehead atoms. The number of benzene rings is 4. The van der Waals surface area contributed by atoms with E-state index >= 15 is 0 Å². The van der Waals surface area contributed by atoms with Gasteiger partial charge in [-0.2, -0.15) is 36.5 Å². The molecule has 0 radical (unpaired) electrons. The van der Waals surface area contributed by atoms with Crippen molar-refractivity contribution in [3.63, 3.8) is 0 Å². The van der Waals surface area contributed by atoms with Gasteiger partial charge in [0.2, 0.25) is 0 Å². The zero-order valence-corrected chi connectivity index (χ0v) is 27.2. The van der Waals surface area contributed by atoms with Gasteiger partial charge in [0.05, 0.1) is 21.9 Å². The number of halogens is 10. The van der Waals surface area contributed by atoms with Crippen LogP contribution in [0.25, 0.3) is 21.5 Å². The van der Waals surface area contributed by atoms with Crippen molar-refractivity contribution in [1.82, 2.24) is 20.4 Å². The zero-order chi connectivity index (χ0) is 38.1. The van der Waals surface area contributed by atoms with E-state index in [0.29, 0.717) is 41.8 Å². The molecule has 0 amide bonds. The summed E-state index contributed by atoms with van der Waals surface area (Å²) in [5.74, 6) is -3.10. The highest BCUT2D eigenvalue weighted by Crippen LogP contribution is 2.32. The van der Waals surface area contributed by atoms with E-state index in [0.717, 1.165) is 0 Å². The van der Waals surface area contributed by atoms with Gasteiger partial charge in [-0.3, -0.25) is 19.2 Å². The van der Waals surface area contributed by atoms with Gasteiger partial charge in [0.25, 0.3) is 11.1 Å². The van der Waals surface area contributed by atoms with Crippen LogP contribution in [-0.2, 0) is 25.2 Å². The summed E-state index contributed by atoms with van der Waals surface area (Å²) in [4.78, 5) is 48.2. The quantitative estimate of drug-likeness (QED) is 0.130. The summed E-state index contributed by atoms with van der Waals surface area (Å²) < 4.78 is 104. The van der Waals surface area contributed by atoms with Crippen LogP contribution >= 0.6 is 23.2 Å². The van der Waals surface area contributed by atoms with E-state index in [1.807, 2.05) is 0 Å². The highest BCUT2D eigenvalue weighted by Gasteiger charge is 2.32. The first-order valence-electron chi connectivity index (χ1n) is 14.5. The van der Waals surface area contributed by atoms with E-state index < -0.39 is 70.6 Å². The fraction of sp³-hybridized carbons (Fsp3) is 0.118. The minimum Gasteiger partial charge on any atom is -0.294 e. The topological polar surface area (TPSA) is 126 Å². The Morgan fingerprint density at radius 3 is 1.42 bits per heavy atom. The predicted molar refractivity (Wildman–Crippen MR) is 174 cm³/mol. The molecule has 0 aliphatic heterocycles. The molecule has 52 heavy (non-hydrogen) atoms. The number of hydrogen-bond donors (Lipinski definition) is 2. The average molecular weight is 769 g/mol. The van der Waals surface area contributed by atoms with Crippen molar-refractivity contribution in [2.75, 3.05) is 0 Å². The number of nitrogens with zero attached hydrogens (tertiary/aromatic N) is 2. The van der Waals surface area contributed by atoms with E-state index in [4.69, 9.17) is 23.2 Å². The van der Waals surface area contributed by atoms with E-state index in [1.54, 1.807) is 0 Å². The normalized spacial score (nSPS) is 11.7. The molecule has 2 N–H and O–H groups in total. The Bertz CT molecular complexity index is 2500. The Kier molecular flexibility index (Phi) is 10.6. The van der Waals surface area contributed by atoms with Gasteiger partial charge in [-0.15, -0.1) is 0 Å². The van der Waals surface area contributed by atoms with Crippen molar-refractivity contribution in [1.29, 1.82) is 0 Å². The van der Waals surface area contributed by atoms with Crippen LogP contribution in [0.4, 0.5) is 35.1 Å². The first kappa shape index (κ1) is 37.8. The summed E-state index contributed by atoms with van der Waals surface area (Å²) in [5, 5.41) is 12.3. The molecule has 2 heterocycles. The largest absolute Gasteiger partial charge is 0.416 e. The molecule has 4 aromatic carbocycles. The average Bonchev–Trinajstić information content (AvgIpc) is 3.09. The number of fused-ring (bicyclic) bond motifs is 2. The van der Waals surface area contributed by atoms with Gasteiger partial charge in [-0.05, 0) is 65.7 Å². The molecule has 0 saturated carbocycles. The Hall–Kier alpha value is -5.48. The summed E-state index contributed by atoms with van der Waals surface area (Å²) in [5.41, 5.74) is -3.82. The second kappa shape index (κ2) is 14.6. The fourth-order valence-corrected chi connectivity index (χ4v) is 5.34. The maximum Gasteiger partial charge on any atom is 0.416 e. The number of H-pyrrole nitrogens is 2. The van der Waals surface area contributed by atoms with Crippen LogP contribution in [0.1, 0.15) is 43.0 Å². The number of nitrogens with one attached hydrogen (secondary N) is 2. The summed E-state index contributed by atoms with van der Waals surface area (Å²) >= 11 is 11.7. The van der Waals surface area contributed by atoms with Crippen molar-refractivity contribution in [3.8, 4) is 0 Å². The molecular weight excluding hydrogens is 751 g/mol. The number of Topliss-reactive ketones (excluding diaryl/α,β-unsaturated/α-hetero) is 2. The number of ketones is 2. The number of aromatic nitrogens is 4. The van der Waals surface area contributed by atoms with Gasteiger partial charge in [-0.25, -0.2) is 19.0 Å². The Labute approximate surface area is 295 Å². The summed E-state index contributed by atoms with van der Waals surface area (Å²) in [6.07, 6.45) is -10.5. The molecule has 268 valence electrons. The van der Waals surface area contributed by atoms with Gasteiger partial charge in [0, 0.05) is 34.7 Å².